The van der Waals surface area contributed by atoms with Crippen LogP contribution in [-0.2, 0) is 16.0 Å². The van der Waals surface area contributed by atoms with Crippen LogP contribution in [0.15, 0.2) is 18.2 Å². The number of alkyl halides is 1. The third-order valence-electron chi connectivity index (χ3n) is 2.25. The van der Waals surface area contributed by atoms with Crippen LogP contribution >= 0.6 is 15.9 Å². The summed E-state index contributed by atoms with van der Waals surface area (Å²) in [6.45, 7) is 3.95. The van der Waals surface area contributed by atoms with E-state index in [0.29, 0.717) is 13.0 Å². The molecular weight excluding hydrogens is 275 g/mol. The third-order valence-corrected chi connectivity index (χ3v) is 2.94. The Kier molecular flexibility index (Phi) is 4.93. The van der Waals surface area contributed by atoms with Gasteiger partial charge in [-0.05, 0) is 43.5 Å². The summed E-state index contributed by atoms with van der Waals surface area (Å²) in [7, 11) is 0. The van der Waals surface area contributed by atoms with Gasteiger partial charge in [0.15, 0.2) is 0 Å². The molecule has 1 atom stereocenters. The highest BCUT2D eigenvalue weighted by atomic mass is 79.9. The first-order chi connectivity index (χ1) is 7.54. The van der Waals surface area contributed by atoms with Gasteiger partial charge in [-0.3, -0.25) is 4.79 Å². The van der Waals surface area contributed by atoms with Gasteiger partial charge in [-0.15, -0.1) is 0 Å². The Morgan fingerprint density at radius 2 is 2.25 bits per heavy atom. The van der Waals surface area contributed by atoms with Crippen molar-refractivity contribution in [2.45, 2.75) is 25.1 Å². The van der Waals surface area contributed by atoms with Crippen molar-refractivity contribution in [3.05, 3.63) is 35.1 Å². The van der Waals surface area contributed by atoms with Crippen LogP contribution in [-0.4, -0.2) is 17.4 Å². The summed E-state index contributed by atoms with van der Waals surface area (Å²) < 4.78 is 17.7. The van der Waals surface area contributed by atoms with Crippen LogP contribution in [0.1, 0.15) is 18.1 Å². The van der Waals surface area contributed by atoms with E-state index in [9.17, 15) is 9.18 Å². The molecule has 0 fully saturated rings. The van der Waals surface area contributed by atoms with Crippen LogP contribution in [0.3, 0.4) is 0 Å². The molecule has 88 valence electrons. The Labute approximate surface area is 103 Å². The first-order valence-electron chi connectivity index (χ1n) is 5.10. The summed E-state index contributed by atoms with van der Waals surface area (Å²) in [5, 5.41) is 0. The Morgan fingerprint density at radius 1 is 1.56 bits per heavy atom. The molecule has 1 aromatic carbocycles. The molecule has 0 aromatic heterocycles. The fourth-order valence-corrected chi connectivity index (χ4v) is 1.88. The van der Waals surface area contributed by atoms with Gasteiger partial charge in [-0.25, -0.2) is 4.39 Å². The minimum Gasteiger partial charge on any atom is -0.465 e. The van der Waals surface area contributed by atoms with Crippen LogP contribution in [0, 0.1) is 12.7 Å². The molecule has 1 unspecified atom stereocenters. The van der Waals surface area contributed by atoms with E-state index in [4.69, 9.17) is 4.74 Å². The predicted molar refractivity (Wildman–Crippen MR) is 64.2 cm³/mol. The molecule has 0 amide bonds. The first-order valence-corrected chi connectivity index (χ1v) is 6.02. The van der Waals surface area contributed by atoms with Gasteiger partial charge in [0, 0.05) is 0 Å². The largest absolute Gasteiger partial charge is 0.465 e. The van der Waals surface area contributed by atoms with E-state index in [0.717, 1.165) is 11.1 Å². The Morgan fingerprint density at radius 3 is 2.81 bits per heavy atom. The number of hydrogen-bond acceptors (Lipinski definition) is 2. The molecule has 0 aliphatic heterocycles. The van der Waals surface area contributed by atoms with Gasteiger partial charge in [0.2, 0.25) is 0 Å². The lowest BCUT2D eigenvalue weighted by Crippen LogP contribution is -2.20. The topological polar surface area (TPSA) is 26.3 Å². The molecule has 1 aromatic rings. The summed E-state index contributed by atoms with van der Waals surface area (Å²) in [5.74, 6) is -0.547. The smallest absolute Gasteiger partial charge is 0.320 e. The number of esters is 1. The Hall–Kier alpha value is -0.900. The second-order valence-corrected chi connectivity index (χ2v) is 4.60. The average molecular weight is 289 g/mol. The van der Waals surface area contributed by atoms with Gasteiger partial charge in [0.1, 0.15) is 10.6 Å². The summed E-state index contributed by atoms with van der Waals surface area (Å²) in [4.78, 5) is 11.0. The van der Waals surface area contributed by atoms with Gasteiger partial charge in [0.05, 0.1) is 6.61 Å². The lowest BCUT2D eigenvalue weighted by molar-refractivity contribution is -0.142. The lowest BCUT2D eigenvalue weighted by Gasteiger charge is -2.10. The van der Waals surface area contributed by atoms with E-state index in [-0.39, 0.29) is 16.6 Å². The van der Waals surface area contributed by atoms with Crippen molar-refractivity contribution in [2.75, 3.05) is 6.61 Å². The van der Waals surface area contributed by atoms with E-state index in [2.05, 4.69) is 15.9 Å². The molecule has 0 radical (unpaired) electrons. The van der Waals surface area contributed by atoms with Crippen molar-refractivity contribution in [3.63, 3.8) is 0 Å². The van der Waals surface area contributed by atoms with Crippen molar-refractivity contribution >= 4 is 21.9 Å². The second kappa shape index (κ2) is 5.99. The molecule has 1 rings (SSSR count). The standard InChI is InChI=1S/C12H14BrFO2/c1-3-16-12(15)11(13)7-9-4-5-10(14)6-8(9)2/h4-6,11H,3,7H2,1-2H3. The molecule has 0 bridgehead atoms. The maximum absolute atomic E-state index is 12.9. The Balaban J connectivity index is 2.69. The van der Waals surface area contributed by atoms with Crippen LogP contribution in [0.2, 0.25) is 0 Å². The molecule has 0 aliphatic rings. The van der Waals surface area contributed by atoms with Gasteiger partial charge >= 0.3 is 5.97 Å². The number of rotatable bonds is 4. The molecule has 2 nitrogen and oxygen atoms in total. The van der Waals surface area contributed by atoms with Crippen LogP contribution in [0.25, 0.3) is 0 Å². The number of benzene rings is 1. The maximum Gasteiger partial charge on any atom is 0.320 e. The molecule has 4 heteroatoms. The number of ether oxygens (including phenoxy) is 1. The molecule has 0 saturated carbocycles. The van der Waals surface area contributed by atoms with Gasteiger partial charge in [-0.2, -0.15) is 0 Å². The predicted octanol–water partition coefficient (Wildman–Crippen LogP) is 3.00. The molecule has 0 spiro atoms. The molecule has 0 aliphatic carbocycles. The SMILES string of the molecule is CCOC(=O)C(Br)Cc1ccc(F)cc1C. The number of hydrogen-bond donors (Lipinski definition) is 0. The van der Waals surface area contributed by atoms with Crippen molar-refractivity contribution < 1.29 is 13.9 Å². The number of carbonyl (C=O) groups excluding carboxylic acids is 1. The molecule has 0 saturated heterocycles. The zero-order chi connectivity index (χ0) is 12.1. The van der Waals surface area contributed by atoms with Gasteiger partial charge in [0.25, 0.3) is 0 Å². The zero-order valence-electron chi connectivity index (χ0n) is 9.30. The molecule has 0 heterocycles. The van der Waals surface area contributed by atoms with E-state index >= 15 is 0 Å². The van der Waals surface area contributed by atoms with E-state index < -0.39 is 0 Å². The summed E-state index contributed by atoms with van der Waals surface area (Å²) in [5.41, 5.74) is 1.78. The highest BCUT2D eigenvalue weighted by molar-refractivity contribution is 9.10. The van der Waals surface area contributed by atoms with Crippen molar-refractivity contribution in [1.29, 1.82) is 0 Å². The highest BCUT2D eigenvalue weighted by Gasteiger charge is 2.17. The lowest BCUT2D eigenvalue weighted by atomic mass is 10.0. The van der Waals surface area contributed by atoms with Gasteiger partial charge < -0.3 is 4.74 Å². The van der Waals surface area contributed by atoms with Crippen LogP contribution in [0.4, 0.5) is 4.39 Å². The third kappa shape index (κ3) is 3.59. The van der Waals surface area contributed by atoms with Gasteiger partial charge in [-0.1, -0.05) is 22.0 Å². The summed E-state index contributed by atoms with van der Waals surface area (Å²) in [6, 6.07) is 4.55. The fourth-order valence-electron chi connectivity index (χ4n) is 1.40. The monoisotopic (exact) mass is 288 g/mol. The summed E-state index contributed by atoms with van der Waals surface area (Å²) in [6.07, 6.45) is 0.505. The normalized spacial score (nSPS) is 12.2. The van der Waals surface area contributed by atoms with Crippen LogP contribution in [0.5, 0.6) is 0 Å². The second-order valence-electron chi connectivity index (χ2n) is 3.49. The molecule has 0 N–H and O–H groups in total. The van der Waals surface area contributed by atoms with E-state index in [1.807, 2.05) is 6.92 Å². The van der Waals surface area contributed by atoms with E-state index in [1.54, 1.807) is 13.0 Å². The fraction of sp³-hybridized carbons (Fsp3) is 0.417. The average Bonchev–Trinajstić information content (AvgIpc) is 2.22. The number of halogens is 2. The Bertz CT molecular complexity index is 379. The minimum atomic E-state index is -0.378. The van der Waals surface area contributed by atoms with E-state index in [1.165, 1.54) is 12.1 Å². The van der Waals surface area contributed by atoms with Crippen molar-refractivity contribution in [3.8, 4) is 0 Å². The number of carbonyl (C=O) groups is 1. The maximum atomic E-state index is 12.9. The summed E-state index contributed by atoms with van der Waals surface area (Å²) >= 11 is 3.27. The zero-order valence-corrected chi connectivity index (χ0v) is 10.9. The molecular formula is C12H14BrFO2. The van der Waals surface area contributed by atoms with Crippen LogP contribution < -0.4 is 0 Å². The quantitative estimate of drug-likeness (QED) is 0.629. The minimum absolute atomic E-state index is 0.261. The molecule has 16 heavy (non-hydrogen) atoms. The van der Waals surface area contributed by atoms with Crippen molar-refractivity contribution in [2.24, 2.45) is 0 Å². The highest BCUT2D eigenvalue weighted by Crippen LogP contribution is 2.16. The first kappa shape index (κ1) is 13.2. The van der Waals surface area contributed by atoms with Crippen molar-refractivity contribution in [1.82, 2.24) is 0 Å². The number of aryl methyl sites for hydroxylation is 1.